The lowest BCUT2D eigenvalue weighted by atomic mass is 10.1. The smallest absolute Gasteiger partial charge is 0.138 e. The third kappa shape index (κ3) is 3.35. The maximum absolute atomic E-state index is 9.44. The molecule has 0 saturated carbocycles. The Hall–Kier alpha value is -0.770. The zero-order valence-electron chi connectivity index (χ0n) is 9.86. The van der Waals surface area contributed by atoms with Crippen molar-refractivity contribution >= 4 is 11.6 Å². The molecule has 0 aromatic heterocycles. The summed E-state index contributed by atoms with van der Waals surface area (Å²) in [6.07, 6.45) is 1.46. The second-order valence-corrected chi connectivity index (χ2v) is 4.70. The average molecular weight is 257 g/mol. The van der Waals surface area contributed by atoms with Crippen LogP contribution in [0.25, 0.3) is 0 Å². The molecule has 1 aliphatic rings. The number of hydrogen-bond donors (Lipinski definition) is 1. The van der Waals surface area contributed by atoms with E-state index in [1.54, 1.807) is 13.0 Å². The van der Waals surface area contributed by atoms with Crippen molar-refractivity contribution in [2.45, 2.75) is 32.0 Å². The summed E-state index contributed by atoms with van der Waals surface area (Å²) in [6.45, 7) is 3.20. The van der Waals surface area contributed by atoms with Crippen LogP contribution >= 0.6 is 11.6 Å². The van der Waals surface area contributed by atoms with Gasteiger partial charge < -0.3 is 14.6 Å². The van der Waals surface area contributed by atoms with E-state index in [9.17, 15) is 5.11 Å². The summed E-state index contributed by atoms with van der Waals surface area (Å²) >= 11 is 6.13. The van der Waals surface area contributed by atoms with Crippen LogP contribution in [0.2, 0.25) is 5.02 Å². The molecule has 1 saturated heterocycles. The van der Waals surface area contributed by atoms with Crippen molar-refractivity contribution < 1.29 is 14.6 Å². The summed E-state index contributed by atoms with van der Waals surface area (Å²) in [6, 6.07) is 5.41. The standard InChI is InChI=1S/C13H17ClO3/c1-9(15)10-2-3-13(12(14)8-10)17-11-4-6-16-7-5-11/h2-3,8-9,11,15H,4-7H2,1H3. The Bertz CT molecular complexity index is 373. The van der Waals surface area contributed by atoms with Crippen molar-refractivity contribution in [3.05, 3.63) is 28.8 Å². The molecule has 94 valence electrons. The molecule has 1 aliphatic heterocycles. The fraction of sp³-hybridized carbons (Fsp3) is 0.538. The number of rotatable bonds is 3. The molecule has 0 radical (unpaired) electrons. The van der Waals surface area contributed by atoms with Crippen LogP contribution in [0.1, 0.15) is 31.4 Å². The Morgan fingerprint density at radius 1 is 1.41 bits per heavy atom. The summed E-state index contributed by atoms with van der Waals surface area (Å²) in [5.74, 6) is 0.683. The van der Waals surface area contributed by atoms with Gasteiger partial charge in [-0.25, -0.2) is 0 Å². The molecule has 0 aliphatic carbocycles. The molecule has 1 fully saturated rings. The molecule has 1 atom stereocenters. The fourth-order valence-corrected chi connectivity index (χ4v) is 2.08. The van der Waals surface area contributed by atoms with Gasteiger partial charge in [0.15, 0.2) is 0 Å². The molecule has 1 aromatic carbocycles. The Balaban J connectivity index is 2.05. The summed E-state index contributed by atoms with van der Waals surface area (Å²) in [5, 5.41) is 10.00. The van der Waals surface area contributed by atoms with Gasteiger partial charge in [0.2, 0.25) is 0 Å². The topological polar surface area (TPSA) is 38.7 Å². The van der Waals surface area contributed by atoms with Gasteiger partial charge in [-0.05, 0) is 24.6 Å². The van der Waals surface area contributed by atoms with E-state index in [0.717, 1.165) is 31.6 Å². The molecule has 0 amide bonds. The van der Waals surface area contributed by atoms with Gasteiger partial charge in [0, 0.05) is 12.8 Å². The van der Waals surface area contributed by atoms with Gasteiger partial charge in [0.05, 0.1) is 24.3 Å². The first-order valence-corrected chi connectivity index (χ1v) is 6.26. The number of aliphatic hydroxyl groups is 1. The molecule has 0 bridgehead atoms. The van der Waals surface area contributed by atoms with Crippen molar-refractivity contribution in [2.75, 3.05) is 13.2 Å². The molecule has 3 nitrogen and oxygen atoms in total. The minimum atomic E-state index is -0.510. The lowest BCUT2D eigenvalue weighted by molar-refractivity contribution is 0.0256. The third-order valence-electron chi connectivity index (χ3n) is 2.90. The molecular formula is C13H17ClO3. The normalized spacial score (nSPS) is 19.0. The van der Waals surface area contributed by atoms with Crippen molar-refractivity contribution in [3.63, 3.8) is 0 Å². The second kappa shape index (κ2) is 5.71. The van der Waals surface area contributed by atoms with E-state index >= 15 is 0 Å². The fourth-order valence-electron chi connectivity index (χ4n) is 1.85. The number of hydrogen-bond acceptors (Lipinski definition) is 3. The van der Waals surface area contributed by atoms with E-state index in [1.165, 1.54) is 0 Å². The Morgan fingerprint density at radius 3 is 2.71 bits per heavy atom. The van der Waals surface area contributed by atoms with Crippen LogP contribution in [0.4, 0.5) is 0 Å². The number of halogens is 1. The first-order chi connectivity index (χ1) is 8.16. The van der Waals surface area contributed by atoms with Crippen LogP contribution in [0.5, 0.6) is 5.75 Å². The highest BCUT2D eigenvalue weighted by atomic mass is 35.5. The molecule has 1 heterocycles. The van der Waals surface area contributed by atoms with Crippen molar-refractivity contribution in [3.8, 4) is 5.75 Å². The summed E-state index contributed by atoms with van der Waals surface area (Å²) in [4.78, 5) is 0. The highest BCUT2D eigenvalue weighted by molar-refractivity contribution is 6.32. The van der Waals surface area contributed by atoms with Crippen LogP contribution in [0.15, 0.2) is 18.2 Å². The molecule has 1 aromatic rings. The van der Waals surface area contributed by atoms with E-state index in [1.807, 2.05) is 12.1 Å². The van der Waals surface area contributed by atoms with Crippen molar-refractivity contribution in [1.29, 1.82) is 0 Å². The molecule has 0 spiro atoms. The predicted molar refractivity (Wildman–Crippen MR) is 66.6 cm³/mol. The van der Waals surface area contributed by atoms with E-state index in [0.29, 0.717) is 10.8 Å². The lowest BCUT2D eigenvalue weighted by Crippen LogP contribution is -2.25. The summed E-state index contributed by atoms with van der Waals surface area (Å²) in [7, 11) is 0. The Labute approximate surface area is 106 Å². The molecular weight excluding hydrogens is 240 g/mol. The monoisotopic (exact) mass is 256 g/mol. The van der Waals surface area contributed by atoms with Gasteiger partial charge in [-0.3, -0.25) is 0 Å². The molecule has 2 rings (SSSR count). The molecule has 1 unspecified atom stereocenters. The maximum atomic E-state index is 9.44. The van der Waals surface area contributed by atoms with Crippen LogP contribution in [-0.2, 0) is 4.74 Å². The zero-order chi connectivity index (χ0) is 12.3. The maximum Gasteiger partial charge on any atom is 0.138 e. The minimum absolute atomic E-state index is 0.179. The van der Waals surface area contributed by atoms with Crippen molar-refractivity contribution in [2.24, 2.45) is 0 Å². The third-order valence-corrected chi connectivity index (χ3v) is 3.20. The second-order valence-electron chi connectivity index (χ2n) is 4.30. The highest BCUT2D eigenvalue weighted by Gasteiger charge is 2.17. The van der Waals surface area contributed by atoms with Gasteiger partial charge in [0.1, 0.15) is 11.9 Å². The van der Waals surface area contributed by atoms with Gasteiger partial charge in [-0.1, -0.05) is 17.7 Å². The molecule has 17 heavy (non-hydrogen) atoms. The molecule has 1 N–H and O–H groups in total. The minimum Gasteiger partial charge on any atom is -0.489 e. The predicted octanol–water partition coefficient (Wildman–Crippen LogP) is 2.95. The van der Waals surface area contributed by atoms with Gasteiger partial charge in [0.25, 0.3) is 0 Å². The number of aliphatic hydroxyl groups excluding tert-OH is 1. The lowest BCUT2D eigenvalue weighted by Gasteiger charge is -2.24. The van der Waals surface area contributed by atoms with Crippen LogP contribution in [-0.4, -0.2) is 24.4 Å². The van der Waals surface area contributed by atoms with Gasteiger partial charge >= 0.3 is 0 Å². The van der Waals surface area contributed by atoms with E-state index in [2.05, 4.69) is 0 Å². The van der Waals surface area contributed by atoms with E-state index in [4.69, 9.17) is 21.1 Å². The SMILES string of the molecule is CC(O)c1ccc(OC2CCOCC2)c(Cl)c1. The van der Waals surface area contributed by atoms with Gasteiger partial charge in [-0.15, -0.1) is 0 Å². The Kier molecular flexibility index (Phi) is 4.26. The summed E-state index contributed by atoms with van der Waals surface area (Å²) < 4.78 is 11.1. The first kappa shape index (κ1) is 12.7. The van der Waals surface area contributed by atoms with Crippen molar-refractivity contribution in [1.82, 2.24) is 0 Å². The number of ether oxygens (including phenoxy) is 2. The quantitative estimate of drug-likeness (QED) is 0.904. The van der Waals surface area contributed by atoms with Gasteiger partial charge in [-0.2, -0.15) is 0 Å². The van der Waals surface area contributed by atoms with E-state index in [-0.39, 0.29) is 6.10 Å². The first-order valence-electron chi connectivity index (χ1n) is 5.88. The molecule has 4 heteroatoms. The van der Waals surface area contributed by atoms with Crippen LogP contribution < -0.4 is 4.74 Å². The highest BCUT2D eigenvalue weighted by Crippen LogP contribution is 2.29. The Morgan fingerprint density at radius 2 is 2.12 bits per heavy atom. The summed E-state index contributed by atoms with van der Waals surface area (Å²) in [5.41, 5.74) is 0.800. The average Bonchev–Trinajstić information content (AvgIpc) is 2.33. The van der Waals surface area contributed by atoms with E-state index < -0.39 is 6.10 Å². The number of benzene rings is 1. The zero-order valence-corrected chi connectivity index (χ0v) is 10.6. The van der Waals surface area contributed by atoms with Crippen LogP contribution in [0, 0.1) is 0 Å². The van der Waals surface area contributed by atoms with Crippen LogP contribution in [0.3, 0.4) is 0 Å². The largest absolute Gasteiger partial charge is 0.489 e.